The number of rotatable bonds is 3. The van der Waals surface area contributed by atoms with Crippen LogP contribution in [0, 0.1) is 13.8 Å². The van der Waals surface area contributed by atoms with Crippen LogP contribution in [-0.2, 0) is 10.0 Å². The van der Waals surface area contributed by atoms with E-state index in [4.69, 9.17) is 4.52 Å². The molecule has 3 heterocycles. The molecule has 8 heteroatoms. The molecule has 3 aromatic heterocycles. The maximum atomic E-state index is 12.3. The third kappa shape index (κ3) is 2.03. The molecule has 0 saturated carbocycles. The lowest BCUT2D eigenvalue weighted by atomic mass is 10.4. The first-order valence-electron chi connectivity index (χ1n) is 5.86. The SMILES string of the molecule is Cc1noc(C)c1S(=O)(=O)Nc1ccn2nccc2c1. The summed E-state index contributed by atoms with van der Waals surface area (Å²) in [5, 5.41) is 7.71. The van der Waals surface area contributed by atoms with Crippen molar-refractivity contribution in [3.05, 3.63) is 42.0 Å². The number of hydrogen-bond donors (Lipinski definition) is 1. The predicted molar refractivity (Wildman–Crippen MR) is 72.0 cm³/mol. The van der Waals surface area contributed by atoms with Crippen LogP contribution in [0.15, 0.2) is 40.0 Å². The molecule has 7 nitrogen and oxygen atoms in total. The molecule has 3 rings (SSSR count). The first kappa shape index (κ1) is 12.7. The lowest BCUT2D eigenvalue weighted by Crippen LogP contribution is -2.14. The van der Waals surface area contributed by atoms with Gasteiger partial charge in [-0.3, -0.25) is 4.72 Å². The molecule has 0 aliphatic heterocycles. The van der Waals surface area contributed by atoms with E-state index >= 15 is 0 Å². The van der Waals surface area contributed by atoms with Crippen molar-refractivity contribution in [2.24, 2.45) is 0 Å². The maximum absolute atomic E-state index is 12.3. The van der Waals surface area contributed by atoms with Crippen molar-refractivity contribution in [3.63, 3.8) is 0 Å². The first-order valence-corrected chi connectivity index (χ1v) is 7.35. The zero-order valence-corrected chi connectivity index (χ0v) is 11.7. The maximum Gasteiger partial charge on any atom is 0.267 e. The highest BCUT2D eigenvalue weighted by Gasteiger charge is 2.24. The monoisotopic (exact) mass is 292 g/mol. The number of fused-ring (bicyclic) bond motifs is 1. The Balaban J connectivity index is 2.01. The number of aromatic nitrogens is 3. The van der Waals surface area contributed by atoms with Crippen molar-refractivity contribution in [2.75, 3.05) is 4.72 Å². The summed E-state index contributed by atoms with van der Waals surface area (Å²) in [4.78, 5) is 0.0749. The summed E-state index contributed by atoms with van der Waals surface area (Å²) in [6, 6.07) is 5.12. The molecule has 104 valence electrons. The lowest BCUT2D eigenvalue weighted by Gasteiger charge is -2.07. The van der Waals surface area contributed by atoms with E-state index in [2.05, 4.69) is 15.0 Å². The van der Waals surface area contributed by atoms with Crippen LogP contribution in [0.25, 0.3) is 5.52 Å². The third-order valence-corrected chi connectivity index (χ3v) is 4.51. The van der Waals surface area contributed by atoms with Crippen LogP contribution in [0.5, 0.6) is 0 Å². The summed E-state index contributed by atoms with van der Waals surface area (Å²) in [5.74, 6) is 0.264. The van der Waals surface area contributed by atoms with Gasteiger partial charge in [0.25, 0.3) is 10.0 Å². The van der Waals surface area contributed by atoms with Crippen LogP contribution in [0.4, 0.5) is 5.69 Å². The van der Waals surface area contributed by atoms with Crippen molar-refractivity contribution >= 4 is 21.2 Å². The smallest absolute Gasteiger partial charge is 0.267 e. The van der Waals surface area contributed by atoms with Gasteiger partial charge in [0.2, 0.25) is 0 Å². The van der Waals surface area contributed by atoms with Crippen LogP contribution in [0.2, 0.25) is 0 Å². The molecule has 3 aromatic rings. The van der Waals surface area contributed by atoms with Gasteiger partial charge in [-0.2, -0.15) is 5.10 Å². The summed E-state index contributed by atoms with van der Waals surface area (Å²) in [5.41, 5.74) is 1.59. The zero-order chi connectivity index (χ0) is 14.3. The van der Waals surface area contributed by atoms with Crippen LogP contribution in [0.3, 0.4) is 0 Å². The number of aryl methyl sites for hydroxylation is 2. The largest absolute Gasteiger partial charge is 0.360 e. The summed E-state index contributed by atoms with van der Waals surface area (Å²) < 4.78 is 33.7. The average molecular weight is 292 g/mol. The molecule has 0 spiro atoms. The second-order valence-electron chi connectivity index (χ2n) is 4.37. The van der Waals surface area contributed by atoms with Crippen molar-refractivity contribution in [3.8, 4) is 0 Å². The Morgan fingerprint density at radius 2 is 2.10 bits per heavy atom. The Labute approximate surface area is 115 Å². The highest BCUT2D eigenvalue weighted by Crippen LogP contribution is 2.22. The van der Waals surface area contributed by atoms with Crippen LogP contribution < -0.4 is 4.72 Å². The van der Waals surface area contributed by atoms with Gasteiger partial charge in [0.05, 0.1) is 11.2 Å². The number of nitrogens with zero attached hydrogens (tertiary/aromatic N) is 3. The van der Waals surface area contributed by atoms with E-state index in [0.29, 0.717) is 11.4 Å². The van der Waals surface area contributed by atoms with Gasteiger partial charge >= 0.3 is 0 Å². The highest BCUT2D eigenvalue weighted by atomic mass is 32.2. The number of nitrogens with one attached hydrogen (secondary N) is 1. The molecule has 0 atom stereocenters. The summed E-state index contributed by atoms with van der Waals surface area (Å²) in [6.45, 7) is 3.15. The van der Waals surface area contributed by atoms with E-state index in [1.54, 1.807) is 49.0 Å². The van der Waals surface area contributed by atoms with E-state index < -0.39 is 10.0 Å². The third-order valence-electron chi connectivity index (χ3n) is 2.89. The van der Waals surface area contributed by atoms with Gasteiger partial charge in [-0.1, -0.05) is 5.16 Å². The summed E-state index contributed by atoms with van der Waals surface area (Å²) >= 11 is 0. The quantitative estimate of drug-likeness (QED) is 0.794. The summed E-state index contributed by atoms with van der Waals surface area (Å²) in [7, 11) is -3.72. The van der Waals surface area contributed by atoms with Crippen LogP contribution in [-0.4, -0.2) is 23.2 Å². The van der Waals surface area contributed by atoms with E-state index in [9.17, 15) is 8.42 Å². The average Bonchev–Trinajstić information content (AvgIpc) is 2.95. The fourth-order valence-electron chi connectivity index (χ4n) is 2.05. The van der Waals surface area contributed by atoms with Gasteiger partial charge in [0.15, 0.2) is 10.7 Å². The Bertz CT molecular complexity index is 860. The molecule has 0 bridgehead atoms. The van der Waals surface area contributed by atoms with E-state index in [0.717, 1.165) is 5.52 Å². The van der Waals surface area contributed by atoms with Gasteiger partial charge in [0, 0.05) is 12.4 Å². The molecule has 0 aliphatic carbocycles. The minimum atomic E-state index is -3.72. The Morgan fingerprint density at radius 1 is 1.30 bits per heavy atom. The second-order valence-corrected chi connectivity index (χ2v) is 5.99. The van der Waals surface area contributed by atoms with Gasteiger partial charge in [-0.25, -0.2) is 12.9 Å². The Morgan fingerprint density at radius 3 is 2.80 bits per heavy atom. The predicted octanol–water partition coefficient (Wildman–Crippen LogP) is 1.74. The number of hydrogen-bond acceptors (Lipinski definition) is 5. The molecule has 0 fully saturated rings. The molecule has 20 heavy (non-hydrogen) atoms. The van der Waals surface area contributed by atoms with Crippen LogP contribution in [0.1, 0.15) is 11.5 Å². The Hall–Kier alpha value is -2.35. The Kier molecular flexibility index (Phi) is 2.75. The standard InChI is InChI=1S/C12H12N4O3S/c1-8-12(9(2)19-14-8)20(17,18)15-10-4-6-16-11(7-10)3-5-13-16/h3-7,15H,1-2H3. The molecule has 0 radical (unpaired) electrons. The minimum Gasteiger partial charge on any atom is -0.360 e. The van der Waals surface area contributed by atoms with E-state index in [1.807, 2.05) is 0 Å². The minimum absolute atomic E-state index is 0.0749. The molecule has 0 saturated heterocycles. The second kappa shape index (κ2) is 4.34. The van der Waals surface area contributed by atoms with Gasteiger partial charge in [-0.05, 0) is 32.0 Å². The van der Waals surface area contributed by atoms with Gasteiger partial charge in [0.1, 0.15) is 5.69 Å². The number of anilines is 1. The lowest BCUT2D eigenvalue weighted by molar-refractivity contribution is 0.390. The van der Waals surface area contributed by atoms with E-state index in [1.165, 1.54) is 0 Å². The van der Waals surface area contributed by atoms with Crippen molar-refractivity contribution in [1.82, 2.24) is 14.8 Å². The number of pyridine rings is 1. The fraction of sp³-hybridized carbons (Fsp3) is 0.167. The van der Waals surface area contributed by atoms with Crippen molar-refractivity contribution in [2.45, 2.75) is 18.7 Å². The highest BCUT2D eigenvalue weighted by molar-refractivity contribution is 7.92. The normalized spacial score (nSPS) is 11.9. The number of sulfonamides is 1. The molecule has 0 unspecified atom stereocenters. The van der Waals surface area contributed by atoms with Crippen molar-refractivity contribution in [1.29, 1.82) is 0 Å². The molecular formula is C12H12N4O3S. The van der Waals surface area contributed by atoms with Crippen molar-refractivity contribution < 1.29 is 12.9 Å². The molecule has 0 aromatic carbocycles. The molecular weight excluding hydrogens is 280 g/mol. The zero-order valence-electron chi connectivity index (χ0n) is 10.9. The summed E-state index contributed by atoms with van der Waals surface area (Å²) in [6.07, 6.45) is 3.32. The first-order chi connectivity index (χ1) is 9.47. The topological polar surface area (TPSA) is 89.5 Å². The van der Waals surface area contributed by atoms with Crippen LogP contribution >= 0.6 is 0 Å². The van der Waals surface area contributed by atoms with Gasteiger partial charge in [-0.15, -0.1) is 0 Å². The molecule has 0 amide bonds. The van der Waals surface area contributed by atoms with Gasteiger partial charge < -0.3 is 4.52 Å². The molecule has 0 aliphatic rings. The molecule has 1 N–H and O–H groups in total. The van der Waals surface area contributed by atoms with E-state index in [-0.39, 0.29) is 10.7 Å². The fourth-order valence-corrected chi connectivity index (χ4v) is 3.43.